The fourth-order valence-corrected chi connectivity index (χ4v) is 3.70. The summed E-state index contributed by atoms with van der Waals surface area (Å²) in [5, 5.41) is 2.26. The van der Waals surface area contributed by atoms with Gasteiger partial charge in [-0.3, -0.25) is 9.69 Å². The molecular weight excluding hydrogens is 359 g/mol. The molecule has 0 spiro atoms. The number of ether oxygens (including phenoxy) is 1. The van der Waals surface area contributed by atoms with Gasteiger partial charge >= 0.3 is 0 Å². The first kappa shape index (κ1) is 20.6. The zero-order valence-corrected chi connectivity index (χ0v) is 16.3. The summed E-state index contributed by atoms with van der Waals surface area (Å²) in [7, 11) is -1.94. The van der Waals surface area contributed by atoms with E-state index in [-0.39, 0.29) is 17.6 Å². The average molecular weight is 386 g/mol. The van der Waals surface area contributed by atoms with E-state index in [4.69, 9.17) is 4.74 Å². The lowest BCUT2D eigenvalue weighted by molar-refractivity contribution is -0.119. The van der Waals surface area contributed by atoms with Crippen LogP contribution in [0.1, 0.15) is 32.3 Å². The minimum absolute atomic E-state index is 0.0197. The normalized spacial score (nSPS) is 16.7. The van der Waals surface area contributed by atoms with Crippen molar-refractivity contribution in [2.24, 2.45) is 0 Å². The average Bonchev–Trinajstić information content (AvgIpc) is 2.56. The van der Waals surface area contributed by atoms with E-state index in [1.807, 2.05) is 6.07 Å². The number of nitrogens with zero attached hydrogens (tertiary/aromatic N) is 1. The van der Waals surface area contributed by atoms with Crippen LogP contribution in [0.3, 0.4) is 0 Å². The quantitative estimate of drug-likeness (QED) is 0.773. The van der Waals surface area contributed by atoms with Gasteiger partial charge in [0.1, 0.15) is 5.75 Å². The largest absolute Gasteiger partial charge is 0.494 e. The first-order valence-corrected chi connectivity index (χ1v) is 10.5. The molecule has 0 atom stereocenters. The fourth-order valence-electron chi connectivity index (χ4n) is 2.92. The van der Waals surface area contributed by atoms with Crippen LogP contribution in [0.5, 0.6) is 5.75 Å². The van der Waals surface area contributed by atoms with Crippen LogP contribution in [-0.4, -0.2) is 56.5 Å². The summed E-state index contributed by atoms with van der Waals surface area (Å²) in [5.74, 6) is -1.05. The SMILES string of the molecule is COc1ccc(CN2CCC(NC(=O)CS(=O)(=O)C(C)C)CC2)cc1F. The monoisotopic (exact) mass is 386 g/mol. The summed E-state index contributed by atoms with van der Waals surface area (Å²) < 4.78 is 42.3. The highest BCUT2D eigenvalue weighted by Crippen LogP contribution is 2.20. The Hall–Kier alpha value is -1.67. The molecule has 0 saturated carbocycles. The number of carbonyl (C=O) groups excluding carboxylic acids is 1. The molecule has 0 aromatic heterocycles. The van der Waals surface area contributed by atoms with Crippen molar-refractivity contribution < 1.29 is 22.3 Å². The molecule has 1 aromatic carbocycles. The molecular formula is C18H27FN2O4S. The molecule has 0 unspecified atom stereocenters. The minimum Gasteiger partial charge on any atom is -0.494 e. The fraction of sp³-hybridized carbons (Fsp3) is 0.611. The predicted octanol–water partition coefficient (Wildman–Crippen LogP) is 1.74. The Labute approximate surface area is 154 Å². The van der Waals surface area contributed by atoms with Gasteiger partial charge in [-0.15, -0.1) is 0 Å². The van der Waals surface area contributed by atoms with Crippen LogP contribution >= 0.6 is 0 Å². The molecule has 0 radical (unpaired) electrons. The van der Waals surface area contributed by atoms with Gasteiger partial charge in [0.05, 0.1) is 12.4 Å². The van der Waals surface area contributed by atoms with Gasteiger partial charge in [0.15, 0.2) is 21.4 Å². The summed E-state index contributed by atoms with van der Waals surface area (Å²) >= 11 is 0. The van der Waals surface area contributed by atoms with Crippen molar-refractivity contribution in [1.82, 2.24) is 10.2 Å². The zero-order valence-electron chi connectivity index (χ0n) is 15.5. The van der Waals surface area contributed by atoms with Crippen LogP contribution in [0.15, 0.2) is 18.2 Å². The number of sulfone groups is 1. The third-order valence-corrected chi connectivity index (χ3v) is 6.73. The number of likely N-dealkylation sites (tertiary alicyclic amines) is 1. The number of carbonyl (C=O) groups is 1. The minimum atomic E-state index is -3.38. The third-order valence-electron chi connectivity index (χ3n) is 4.63. The smallest absolute Gasteiger partial charge is 0.235 e. The molecule has 1 amide bonds. The number of halogens is 1. The number of benzene rings is 1. The molecule has 6 nitrogen and oxygen atoms in total. The van der Waals surface area contributed by atoms with E-state index in [1.165, 1.54) is 13.2 Å². The summed E-state index contributed by atoms with van der Waals surface area (Å²) in [6, 6.07) is 4.91. The van der Waals surface area contributed by atoms with Crippen LogP contribution in [0.25, 0.3) is 0 Å². The van der Waals surface area contributed by atoms with Gasteiger partial charge in [0.2, 0.25) is 5.91 Å². The van der Waals surface area contributed by atoms with Crippen molar-refractivity contribution in [1.29, 1.82) is 0 Å². The maximum Gasteiger partial charge on any atom is 0.235 e. The van der Waals surface area contributed by atoms with E-state index < -0.39 is 26.7 Å². The van der Waals surface area contributed by atoms with E-state index in [2.05, 4.69) is 10.2 Å². The maximum atomic E-state index is 13.8. The van der Waals surface area contributed by atoms with Crippen molar-refractivity contribution in [2.75, 3.05) is 26.0 Å². The Balaban J connectivity index is 1.80. The van der Waals surface area contributed by atoms with Crippen molar-refractivity contribution in [3.63, 3.8) is 0 Å². The zero-order chi connectivity index (χ0) is 19.3. The Morgan fingerprint density at radius 1 is 1.35 bits per heavy atom. The van der Waals surface area contributed by atoms with E-state index in [0.29, 0.717) is 6.54 Å². The molecule has 2 rings (SSSR count). The summed E-state index contributed by atoms with van der Waals surface area (Å²) in [6.45, 7) is 5.29. The number of rotatable bonds is 7. The number of methoxy groups -OCH3 is 1. The summed E-state index contributed by atoms with van der Waals surface area (Å²) in [6.07, 6.45) is 1.48. The highest BCUT2D eigenvalue weighted by atomic mass is 32.2. The Kier molecular flexibility index (Phi) is 7.00. The molecule has 1 saturated heterocycles. The maximum absolute atomic E-state index is 13.8. The number of nitrogens with one attached hydrogen (secondary N) is 1. The van der Waals surface area contributed by atoms with Crippen molar-refractivity contribution in [3.8, 4) is 5.75 Å². The molecule has 1 N–H and O–H groups in total. The number of piperidine rings is 1. The number of hydrogen-bond acceptors (Lipinski definition) is 5. The highest BCUT2D eigenvalue weighted by molar-refractivity contribution is 7.92. The van der Waals surface area contributed by atoms with E-state index in [9.17, 15) is 17.6 Å². The lowest BCUT2D eigenvalue weighted by Gasteiger charge is -2.32. The van der Waals surface area contributed by atoms with Gasteiger partial charge in [0, 0.05) is 25.7 Å². The molecule has 0 aliphatic carbocycles. The molecule has 1 heterocycles. The third kappa shape index (κ3) is 5.67. The van der Waals surface area contributed by atoms with Crippen molar-refractivity contribution in [3.05, 3.63) is 29.6 Å². The second-order valence-electron chi connectivity index (χ2n) is 6.94. The first-order valence-electron chi connectivity index (χ1n) is 8.77. The topological polar surface area (TPSA) is 75.7 Å². The summed E-state index contributed by atoms with van der Waals surface area (Å²) in [5.41, 5.74) is 0.869. The van der Waals surface area contributed by atoms with E-state index >= 15 is 0 Å². The second kappa shape index (κ2) is 8.81. The van der Waals surface area contributed by atoms with Crippen LogP contribution < -0.4 is 10.1 Å². The van der Waals surface area contributed by atoms with Gasteiger partial charge < -0.3 is 10.1 Å². The molecule has 1 aliphatic rings. The number of amides is 1. The Morgan fingerprint density at radius 3 is 2.54 bits per heavy atom. The Morgan fingerprint density at radius 2 is 2.00 bits per heavy atom. The Bertz CT molecular complexity index is 729. The van der Waals surface area contributed by atoms with Crippen LogP contribution in [-0.2, 0) is 21.2 Å². The molecule has 1 fully saturated rings. The van der Waals surface area contributed by atoms with Crippen LogP contribution in [0.4, 0.5) is 4.39 Å². The van der Waals surface area contributed by atoms with Gasteiger partial charge in [0.25, 0.3) is 0 Å². The van der Waals surface area contributed by atoms with Crippen molar-refractivity contribution >= 4 is 15.7 Å². The predicted molar refractivity (Wildman–Crippen MR) is 98.3 cm³/mol. The molecule has 1 aliphatic heterocycles. The molecule has 1 aromatic rings. The molecule has 26 heavy (non-hydrogen) atoms. The second-order valence-corrected chi connectivity index (χ2v) is 9.50. The summed E-state index contributed by atoms with van der Waals surface area (Å²) in [4.78, 5) is 14.1. The number of hydrogen-bond donors (Lipinski definition) is 1. The van der Waals surface area contributed by atoms with E-state index in [0.717, 1.165) is 31.5 Å². The lowest BCUT2D eigenvalue weighted by atomic mass is 10.0. The lowest BCUT2D eigenvalue weighted by Crippen LogP contribution is -2.46. The van der Waals surface area contributed by atoms with Gasteiger partial charge in [-0.1, -0.05) is 6.07 Å². The molecule has 0 bridgehead atoms. The molecule has 8 heteroatoms. The van der Waals surface area contributed by atoms with Crippen LogP contribution in [0, 0.1) is 5.82 Å². The van der Waals surface area contributed by atoms with Gasteiger partial charge in [-0.25, -0.2) is 12.8 Å². The van der Waals surface area contributed by atoms with Gasteiger partial charge in [-0.05, 0) is 44.4 Å². The van der Waals surface area contributed by atoms with Gasteiger partial charge in [-0.2, -0.15) is 0 Å². The van der Waals surface area contributed by atoms with Crippen LogP contribution in [0.2, 0.25) is 0 Å². The standard InChI is InChI=1S/C18H27FN2O4S/c1-13(2)26(23,24)12-18(22)20-15-6-8-21(9-7-15)11-14-4-5-17(25-3)16(19)10-14/h4-5,10,13,15H,6-9,11-12H2,1-3H3,(H,20,22). The highest BCUT2D eigenvalue weighted by Gasteiger charge is 2.25. The van der Waals surface area contributed by atoms with E-state index in [1.54, 1.807) is 19.9 Å². The van der Waals surface area contributed by atoms with Crippen molar-refractivity contribution in [2.45, 2.75) is 44.5 Å². The molecule has 146 valence electrons. The first-order chi connectivity index (χ1) is 12.2.